The molecular weight excluding hydrogens is 765 g/mol. The molecule has 0 radical (unpaired) electrons. The summed E-state index contributed by atoms with van der Waals surface area (Å²) in [6.45, 7) is 0. The van der Waals surface area contributed by atoms with Gasteiger partial charge in [0, 0.05) is 36.3 Å². The third-order valence-corrected chi connectivity index (χ3v) is 11.6. The third-order valence-electron chi connectivity index (χ3n) is 11.0. The standard InChI is InChI=1S/C37H34Cl2F6N4O5/c1-46-27(36(40,41)42)19-29(50)48(32(46)53)21-9-11-25(38)23(17-21)34(13-5-3-6-14-34)31(52)35(15-7-4-8-16-35)24-18-22(10-12-26(24)39)49-30(51)20-28(37(43,44)45)47(2)33(49)54/h9-12,17-20H,3-8,13-16H2,1-2H3. The average Bonchev–Trinajstić information content (AvgIpc) is 3.12. The summed E-state index contributed by atoms with van der Waals surface area (Å²) < 4.78 is 83.5. The fourth-order valence-electron chi connectivity index (χ4n) is 8.31. The molecule has 2 aromatic carbocycles. The number of carbonyl (C=O) groups excluding carboxylic acids is 1. The second-order valence-electron chi connectivity index (χ2n) is 14.0. The van der Waals surface area contributed by atoms with Crippen molar-refractivity contribution in [1.82, 2.24) is 18.3 Å². The van der Waals surface area contributed by atoms with Gasteiger partial charge >= 0.3 is 23.7 Å². The number of hydrogen-bond donors (Lipinski definition) is 0. The van der Waals surface area contributed by atoms with E-state index < -0.39 is 57.1 Å². The van der Waals surface area contributed by atoms with E-state index in [1.54, 1.807) is 0 Å². The minimum Gasteiger partial charge on any atom is -0.298 e. The van der Waals surface area contributed by atoms with Crippen molar-refractivity contribution in [1.29, 1.82) is 0 Å². The molecule has 0 bridgehead atoms. The zero-order chi connectivity index (χ0) is 39.5. The Labute approximate surface area is 313 Å². The molecule has 2 fully saturated rings. The molecule has 4 aromatic rings. The monoisotopic (exact) mass is 798 g/mol. The van der Waals surface area contributed by atoms with Crippen molar-refractivity contribution in [2.24, 2.45) is 14.1 Å². The minimum atomic E-state index is -4.98. The van der Waals surface area contributed by atoms with Crippen LogP contribution < -0.4 is 22.5 Å². The molecule has 288 valence electrons. The van der Waals surface area contributed by atoms with Crippen LogP contribution in [0.4, 0.5) is 26.3 Å². The van der Waals surface area contributed by atoms with Gasteiger partial charge in [-0.1, -0.05) is 61.7 Å². The SMILES string of the molecule is Cn1c(C(F)(F)F)cc(=O)n(-c2ccc(Cl)c(C3(C(=O)C4(c5cc(-n6c(=O)cc(C(F)(F)F)n(C)c6=O)ccc5Cl)CCCCC4)CCCCC3)c2)c1=O. The van der Waals surface area contributed by atoms with Crippen LogP contribution in [0, 0.1) is 0 Å². The Kier molecular flexibility index (Phi) is 10.2. The topological polar surface area (TPSA) is 105 Å². The van der Waals surface area contributed by atoms with Gasteiger partial charge in [-0.2, -0.15) is 26.3 Å². The van der Waals surface area contributed by atoms with Gasteiger partial charge in [-0.05, 0) is 73.2 Å². The van der Waals surface area contributed by atoms with E-state index >= 15 is 4.79 Å². The van der Waals surface area contributed by atoms with E-state index in [2.05, 4.69) is 0 Å². The number of rotatable bonds is 6. The van der Waals surface area contributed by atoms with Crippen molar-refractivity contribution in [3.05, 3.63) is 123 Å². The molecule has 0 unspecified atom stereocenters. The number of halogens is 8. The lowest BCUT2D eigenvalue weighted by Gasteiger charge is -2.47. The van der Waals surface area contributed by atoms with Gasteiger partial charge in [0.2, 0.25) is 0 Å². The summed E-state index contributed by atoms with van der Waals surface area (Å²) in [4.78, 5) is 68.3. The summed E-state index contributed by atoms with van der Waals surface area (Å²) >= 11 is 13.7. The Morgan fingerprint density at radius 3 is 1.22 bits per heavy atom. The molecular formula is C37H34Cl2F6N4O5. The maximum Gasteiger partial charge on any atom is 0.431 e. The van der Waals surface area contributed by atoms with Crippen molar-refractivity contribution in [2.45, 2.75) is 87.4 Å². The van der Waals surface area contributed by atoms with Gasteiger partial charge in [0.15, 0.2) is 5.78 Å². The van der Waals surface area contributed by atoms with Crippen LogP contribution in [0.2, 0.25) is 10.0 Å². The van der Waals surface area contributed by atoms with Crippen LogP contribution in [-0.4, -0.2) is 24.1 Å². The van der Waals surface area contributed by atoms with Crippen LogP contribution in [0.1, 0.15) is 86.7 Å². The molecule has 0 amide bonds. The summed E-state index contributed by atoms with van der Waals surface area (Å²) in [6, 6.07) is 8.80. The fraction of sp³-hybridized carbons (Fsp3) is 0.432. The molecule has 2 aliphatic carbocycles. The molecule has 2 aliphatic rings. The van der Waals surface area contributed by atoms with Crippen molar-refractivity contribution in [3.8, 4) is 11.4 Å². The molecule has 54 heavy (non-hydrogen) atoms. The van der Waals surface area contributed by atoms with Crippen LogP contribution >= 0.6 is 23.2 Å². The molecule has 2 heterocycles. The van der Waals surface area contributed by atoms with E-state index in [1.165, 1.54) is 36.4 Å². The minimum absolute atomic E-state index is 0.0956. The normalized spacial score (nSPS) is 17.4. The number of alkyl halides is 6. The first kappa shape index (κ1) is 39.3. The zero-order valence-corrected chi connectivity index (χ0v) is 30.6. The number of ketones is 1. The zero-order valence-electron chi connectivity index (χ0n) is 29.0. The highest BCUT2D eigenvalue weighted by Crippen LogP contribution is 2.53. The molecule has 6 rings (SSSR count). The highest BCUT2D eigenvalue weighted by Gasteiger charge is 2.54. The van der Waals surface area contributed by atoms with Gasteiger partial charge in [0.05, 0.1) is 22.2 Å². The average molecular weight is 800 g/mol. The molecule has 0 aliphatic heterocycles. The van der Waals surface area contributed by atoms with E-state index in [0.29, 0.717) is 56.1 Å². The maximum atomic E-state index is 15.6. The number of benzene rings is 2. The first-order valence-corrected chi connectivity index (χ1v) is 18.0. The first-order valence-electron chi connectivity index (χ1n) is 17.2. The Bertz CT molecular complexity index is 2230. The van der Waals surface area contributed by atoms with E-state index in [1.807, 2.05) is 0 Å². The molecule has 9 nitrogen and oxygen atoms in total. The van der Waals surface area contributed by atoms with E-state index in [-0.39, 0.29) is 64.0 Å². The second kappa shape index (κ2) is 14.0. The molecule has 0 saturated heterocycles. The Morgan fingerprint density at radius 1 is 0.574 bits per heavy atom. The summed E-state index contributed by atoms with van der Waals surface area (Å²) in [5, 5.41) is 0.243. The lowest BCUT2D eigenvalue weighted by Crippen LogP contribution is -2.51. The maximum absolute atomic E-state index is 15.6. The molecule has 2 aromatic heterocycles. The van der Waals surface area contributed by atoms with Gasteiger partial charge in [-0.3, -0.25) is 23.5 Å². The largest absolute Gasteiger partial charge is 0.431 e. The Balaban J connectivity index is 1.56. The van der Waals surface area contributed by atoms with Crippen LogP contribution in [0.25, 0.3) is 11.4 Å². The first-order chi connectivity index (χ1) is 25.2. The lowest BCUT2D eigenvalue weighted by molar-refractivity contribution is -0.144. The van der Waals surface area contributed by atoms with Crippen molar-refractivity contribution < 1.29 is 31.1 Å². The van der Waals surface area contributed by atoms with Crippen LogP contribution in [0.5, 0.6) is 0 Å². The fourth-order valence-corrected chi connectivity index (χ4v) is 8.91. The summed E-state index contributed by atoms with van der Waals surface area (Å²) in [5.41, 5.74) is -10.2. The van der Waals surface area contributed by atoms with Crippen molar-refractivity contribution >= 4 is 29.0 Å². The summed E-state index contributed by atoms with van der Waals surface area (Å²) in [7, 11) is 1.78. The van der Waals surface area contributed by atoms with Crippen LogP contribution in [-0.2, 0) is 42.1 Å². The van der Waals surface area contributed by atoms with Crippen LogP contribution in [0.15, 0.2) is 67.7 Å². The van der Waals surface area contributed by atoms with Gasteiger partial charge in [0.25, 0.3) is 11.1 Å². The number of hydrogen-bond acceptors (Lipinski definition) is 5. The quantitative estimate of drug-likeness (QED) is 0.189. The van der Waals surface area contributed by atoms with Crippen molar-refractivity contribution in [3.63, 3.8) is 0 Å². The molecule has 0 atom stereocenters. The molecule has 17 heteroatoms. The number of nitrogens with zero attached hydrogens (tertiary/aromatic N) is 4. The highest BCUT2D eigenvalue weighted by molar-refractivity contribution is 6.32. The lowest BCUT2D eigenvalue weighted by atomic mass is 9.55. The Hall–Kier alpha value is -4.37. The number of carbonyl (C=O) groups is 1. The van der Waals surface area contributed by atoms with Gasteiger partial charge in [0.1, 0.15) is 11.4 Å². The summed E-state index contributed by atoms with van der Waals surface area (Å²) in [5.74, 6) is -0.298. The van der Waals surface area contributed by atoms with E-state index in [0.717, 1.165) is 26.9 Å². The Morgan fingerprint density at radius 2 is 0.907 bits per heavy atom. The van der Waals surface area contributed by atoms with E-state index in [4.69, 9.17) is 23.2 Å². The number of Topliss-reactive ketones (excluding diaryl/α,β-unsaturated/α-hetero) is 1. The van der Waals surface area contributed by atoms with Crippen LogP contribution in [0.3, 0.4) is 0 Å². The second-order valence-corrected chi connectivity index (χ2v) is 14.8. The smallest absolute Gasteiger partial charge is 0.298 e. The molecule has 0 spiro atoms. The van der Waals surface area contributed by atoms with Crippen molar-refractivity contribution in [2.75, 3.05) is 0 Å². The van der Waals surface area contributed by atoms with Gasteiger partial charge in [-0.25, -0.2) is 18.7 Å². The summed E-state index contributed by atoms with van der Waals surface area (Å²) in [6.07, 6.45) is -4.96. The number of aromatic nitrogens is 4. The van der Waals surface area contributed by atoms with E-state index in [9.17, 15) is 45.5 Å². The predicted molar refractivity (Wildman–Crippen MR) is 189 cm³/mol. The third kappa shape index (κ3) is 6.56. The highest BCUT2D eigenvalue weighted by atomic mass is 35.5. The van der Waals surface area contributed by atoms with Gasteiger partial charge in [-0.15, -0.1) is 0 Å². The molecule has 0 N–H and O–H groups in total. The van der Waals surface area contributed by atoms with Gasteiger partial charge < -0.3 is 0 Å². The predicted octanol–water partition coefficient (Wildman–Crippen LogP) is 7.40. The molecule has 2 saturated carbocycles.